The van der Waals surface area contributed by atoms with Crippen LogP contribution in [0.1, 0.15) is 132 Å². The zero-order valence-electron chi connectivity index (χ0n) is 34.4. The number of nitrogens with zero attached hydrogens (tertiary/aromatic N) is 4. The number of esters is 2. The first kappa shape index (κ1) is 49.7. The van der Waals surface area contributed by atoms with E-state index in [1.165, 1.54) is 96.3 Å². The lowest BCUT2D eigenvalue weighted by Gasteiger charge is -2.17. The Balaban J connectivity index is 0.000000655. The normalized spacial score (nSPS) is 11.8. The first-order valence-electron chi connectivity index (χ1n) is 19.9. The van der Waals surface area contributed by atoms with Crippen molar-refractivity contribution in [1.29, 1.82) is 10.5 Å². The summed E-state index contributed by atoms with van der Waals surface area (Å²) >= 11 is 0. The molecule has 0 heterocycles. The maximum Gasteiger partial charge on any atom is 0.334 e. The van der Waals surface area contributed by atoms with E-state index in [4.69, 9.17) is 29.5 Å². The van der Waals surface area contributed by atoms with E-state index >= 15 is 0 Å². The third kappa shape index (κ3) is 22.7. The molecule has 2 aromatic rings. The van der Waals surface area contributed by atoms with Crippen LogP contribution in [0.3, 0.4) is 0 Å². The van der Waals surface area contributed by atoms with Gasteiger partial charge in [0.05, 0.1) is 6.10 Å². The van der Waals surface area contributed by atoms with Gasteiger partial charge in [-0.05, 0) is 68.0 Å². The van der Waals surface area contributed by atoms with Gasteiger partial charge in [-0.1, -0.05) is 115 Å². The molecule has 0 bridgehead atoms. The number of hydrogen-bond donors (Lipinski definition) is 0. The van der Waals surface area contributed by atoms with Crippen molar-refractivity contribution in [2.24, 2.45) is 9.98 Å². The Morgan fingerprint density at radius 2 is 1.09 bits per heavy atom. The largest absolute Gasteiger partial charge is 0.461 e. The number of aryl methyl sites for hydroxylation is 2. The van der Waals surface area contributed by atoms with E-state index in [9.17, 15) is 19.2 Å². The minimum absolute atomic E-state index is 0.125. The number of hydrogen-bond acceptors (Lipinski definition) is 13. The summed E-state index contributed by atoms with van der Waals surface area (Å²) in [6, 6.07) is 8.41. The van der Waals surface area contributed by atoms with Gasteiger partial charge < -0.3 is 23.7 Å². The summed E-state index contributed by atoms with van der Waals surface area (Å²) in [5.41, 5.74) is 2.98. The van der Waals surface area contributed by atoms with Gasteiger partial charge in [0, 0.05) is 20.0 Å². The molecular weight excluding hydrogens is 729 g/mol. The Morgan fingerprint density at radius 1 is 0.667 bits per heavy atom. The van der Waals surface area contributed by atoms with E-state index in [0.29, 0.717) is 17.1 Å². The second-order valence-electron chi connectivity index (χ2n) is 14.0. The summed E-state index contributed by atoms with van der Waals surface area (Å²) in [5, 5.41) is 17.3. The van der Waals surface area contributed by atoms with Gasteiger partial charge in [-0.3, -0.25) is 0 Å². The number of isocyanates is 2. The molecule has 0 spiro atoms. The molecule has 0 fully saturated rings. The standard InChI is InChI=1S/C30H46N2O4.C14H14N2O5/c1-4-5-6-7-8-9-10-11-12-13-14-15-16-17-18-26(3)36-30(34)28(32-24-33)21-27-20-19-25(2)29(22-27)35-23-31;1-10-3-4-11(6-13(10)20-7-15)5-12(16-8-17)14(18)21-9-19-2/h19-20,22,26,28H,4-18,21H2,1-3H3;3-4,6,12H,5,9H2,1-2H3. The number of methoxy groups -OCH3 is 1. The molecule has 13 heteroatoms. The van der Waals surface area contributed by atoms with Crippen LogP contribution in [-0.4, -0.2) is 56.2 Å². The first-order valence-corrected chi connectivity index (χ1v) is 19.9. The third-order valence-electron chi connectivity index (χ3n) is 9.24. The lowest BCUT2D eigenvalue weighted by Crippen LogP contribution is -2.27. The second-order valence-corrected chi connectivity index (χ2v) is 14.0. The lowest BCUT2D eigenvalue weighted by atomic mass is 10.0. The fourth-order valence-corrected chi connectivity index (χ4v) is 5.97. The highest BCUT2D eigenvalue weighted by atomic mass is 16.7. The predicted octanol–water partition coefficient (Wildman–Crippen LogP) is 9.15. The molecule has 0 amide bonds. The zero-order chi connectivity index (χ0) is 42.1. The average molecular weight is 789 g/mol. The van der Waals surface area contributed by atoms with Crippen molar-refractivity contribution in [3.63, 3.8) is 0 Å². The number of rotatable bonds is 28. The van der Waals surface area contributed by atoms with Crippen LogP contribution >= 0.6 is 0 Å². The van der Waals surface area contributed by atoms with Gasteiger partial charge in [0.25, 0.3) is 12.5 Å². The van der Waals surface area contributed by atoms with Gasteiger partial charge in [0.2, 0.25) is 12.2 Å². The minimum Gasteiger partial charge on any atom is -0.461 e. The van der Waals surface area contributed by atoms with Crippen molar-refractivity contribution >= 4 is 24.1 Å². The fraction of sp³-hybridized carbons (Fsp3) is 0.591. The van der Waals surface area contributed by atoms with E-state index in [1.807, 2.05) is 19.9 Å². The zero-order valence-corrected chi connectivity index (χ0v) is 34.4. The van der Waals surface area contributed by atoms with Crippen molar-refractivity contribution in [2.45, 2.75) is 155 Å². The Hall–Kier alpha value is -5.32. The van der Waals surface area contributed by atoms with Crippen molar-refractivity contribution in [3.05, 3.63) is 58.7 Å². The molecule has 0 N–H and O–H groups in total. The molecule has 0 saturated heterocycles. The van der Waals surface area contributed by atoms with Gasteiger partial charge in [-0.15, -0.1) is 10.5 Å². The number of carbonyl (C=O) groups is 2. The van der Waals surface area contributed by atoms with Gasteiger partial charge in [-0.2, -0.15) is 9.98 Å². The summed E-state index contributed by atoms with van der Waals surface area (Å²) in [5.74, 6) is -0.416. The van der Waals surface area contributed by atoms with E-state index < -0.39 is 24.0 Å². The van der Waals surface area contributed by atoms with Crippen LogP contribution in [0.2, 0.25) is 0 Å². The highest BCUT2D eigenvalue weighted by molar-refractivity contribution is 5.78. The van der Waals surface area contributed by atoms with E-state index in [1.54, 1.807) is 49.8 Å². The van der Waals surface area contributed by atoms with Gasteiger partial charge in [-0.25, -0.2) is 19.2 Å². The van der Waals surface area contributed by atoms with Crippen LogP contribution in [0.4, 0.5) is 0 Å². The molecule has 3 atom stereocenters. The highest BCUT2D eigenvalue weighted by Gasteiger charge is 2.23. The SMILES string of the molecule is CCCCCCCCCCCCCCCCC(C)OC(=O)C(Cc1ccc(C)c(OC#N)c1)N=C=O.COCOC(=O)C(Cc1ccc(C)c(OC#N)c1)N=C=O. The van der Waals surface area contributed by atoms with Crippen molar-refractivity contribution in [2.75, 3.05) is 13.9 Å². The molecule has 310 valence electrons. The van der Waals surface area contributed by atoms with Crippen LogP contribution in [-0.2, 0) is 46.2 Å². The van der Waals surface area contributed by atoms with Crippen LogP contribution in [0.25, 0.3) is 0 Å². The summed E-state index contributed by atoms with van der Waals surface area (Å²) in [4.78, 5) is 52.7. The van der Waals surface area contributed by atoms with Gasteiger partial charge in [0.1, 0.15) is 11.5 Å². The number of nitriles is 2. The lowest BCUT2D eigenvalue weighted by molar-refractivity contribution is -0.155. The third-order valence-corrected chi connectivity index (χ3v) is 9.24. The highest BCUT2D eigenvalue weighted by Crippen LogP contribution is 2.23. The van der Waals surface area contributed by atoms with E-state index in [-0.39, 0.29) is 25.7 Å². The Morgan fingerprint density at radius 3 is 1.49 bits per heavy atom. The molecule has 0 aliphatic rings. The number of aliphatic imine (C=N–C) groups is 2. The molecule has 0 aliphatic carbocycles. The van der Waals surface area contributed by atoms with E-state index in [0.717, 1.165) is 36.0 Å². The van der Waals surface area contributed by atoms with Crippen LogP contribution in [0, 0.1) is 36.9 Å². The monoisotopic (exact) mass is 788 g/mol. The molecule has 2 rings (SSSR count). The molecule has 57 heavy (non-hydrogen) atoms. The molecule has 0 aliphatic heterocycles. The second kappa shape index (κ2) is 31.8. The topological polar surface area (TPSA) is 187 Å². The molecule has 0 radical (unpaired) electrons. The maximum absolute atomic E-state index is 12.6. The number of unbranched alkanes of at least 4 members (excludes halogenated alkanes) is 13. The Kier molecular flexibility index (Phi) is 27.8. The molecule has 2 aromatic carbocycles. The van der Waals surface area contributed by atoms with E-state index in [2.05, 4.69) is 21.6 Å². The number of ether oxygens (including phenoxy) is 5. The Labute approximate surface area is 338 Å². The summed E-state index contributed by atoms with van der Waals surface area (Å²) in [6.45, 7) is 7.53. The summed E-state index contributed by atoms with van der Waals surface area (Å²) in [7, 11) is 1.37. The molecule has 0 aromatic heterocycles. The van der Waals surface area contributed by atoms with Gasteiger partial charge >= 0.3 is 11.9 Å². The maximum atomic E-state index is 12.6. The van der Waals surface area contributed by atoms with Crippen LogP contribution in [0.5, 0.6) is 11.5 Å². The van der Waals surface area contributed by atoms with Crippen LogP contribution in [0.15, 0.2) is 46.4 Å². The molecule has 0 saturated carbocycles. The summed E-state index contributed by atoms with van der Waals surface area (Å²) in [6.07, 6.45) is 25.3. The molecule has 13 nitrogen and oxygen atoms in total. The smallest absolute Gasteiger partial charge is 0.334 e. The van der Waals surface area contributed by atoms with Gasteiger partial charge in [0.15, 0.2) is 18.9 Å². The fourth-order valence-electron chi connectivity index (χ4n) is 5.97. The summed E-state index contributed by atoms with van der Waals surface area (Å²) < 4.78 is 24.7. The minimum atomic E-state index is -1.02. The average Bonchev–Trinajstić information content (AvgIpc) is 3.19. The Bertz CT molecular complexity index is 1660. The number of benzene rings is 2. The van der Waals surface area contributed by atoms with Crippen LogP contribution < -0.4 is 9.47 Å². The first-order chi connectivity index (χ1) is 27.6. The predicted molar refractivity (Wildman–Crippen MR) is 215 cm³/mol. The molecule has 3 unspecified atom stereocenters. The van der Waals surface area contributed by atoms with Crippen molar-refractivity contribution < 1.29 is 42.9 Å². The van der Waals surface area contributed by atoms with Crippen molar-refractivity contribution in [1.82, 2.24) is 0 Å². The molecular formula is C44H60N4O9. The number of carbonyl (C=O) groups excluding carboxylic acids is 4. The quantitative estimate of drug-likeness (QED) is 0.0200. The van der Waals surface area contributed by atoms with Crippen molar-refractivity contribution in [3.8, 4) is 24.0 Å².